The highest BCUT2D eigenvalue weighted by molar-refractivity contribution is 7.99. The molecular weight excluding hydrogens is 230 g/mol. The largest absolute Gasteiger partial charge is 0.370 e. The molecule has 0 aliphatic heterocycles. The van der Waals surface area contributed by atoms with E-state index in [1.54, 1.807) is 18.9 Å². The number of hydrogen-bond donors (Lipinski definition) is 1. The zero-order chi connectivity index (χ0) is 10.4. The molecule has 0 aliphatic rings. The molecular formula is C11H18ClNOS. The summed E-state index contributed by atoms with van der Waals surface area (Å²) in [4.78, 5) is 1.22. The lowest BCUT2D eigenvalue weighted by Gasteiger charge is -2.16. The zero-order valence-corrected chi connectivity index (χ0v) is 10.7. The molecule has 0 aromatic heterocycles. The minimum atomic E-state index is 0. The molecule has 0 bridgehead atoms. The van der Waals surface area contributed by atoms with Crippen LogP contribution in [0.15, 0.2) is 35.2 Å². The molecule has 1 aromatic carbocycles. The second-order valence-electron chi connectivity index (χ2n) is 3.31. The molecule has 86 valence electrons. The van der Waals surface area contributed by atoms with E-state index >= 15 is 0 Å². The van der Waals surface area contributed by atoms with Gasteiger partial charge in [0.25, 0.3) is 0 Å². The number of nitrogens with two attached hydrogens (primary N) is 1. The third-order valence-corrected chi connectivity index (χ3v) is 3.03. The van der Waals surface area contributed by atoms with Crippen LogP contribution in [0.4, 0.5) is 0 Å². The fourth-order valence-corrected chi connectivity index (χ4v) is 2.26. The van der Waals surface area contributed by atoms with Crippen LogP contribution in [-0.4, -0.2) is 18.6 Å². The van der Waals surface area contributed by atoms with Gasteiger partial charge >= 0.3 is 0 Å². The summed E-state index contributed by atoms with van der Waals surface area (Å²) in [6, 6.07) is 10.4. The molecule has 0 spiro atoms. The van der Waals surface area contributed by atoms with E-state index in [9.17, 15) is 0 Å². The van der Waals surface area contributed by atoms with Crippen molar-refractivity contribution in [1.29, 1.82) is 0 Å². The van der Waals surface area contributed by atoms with E-state index in [4.69, 9.17) is 10.5 Å². The number of halogens is 1. The van der Waals surface area contributed by atoms with E-state index in [1.165, 1.54) is 4.90 Å². The number of methoxy groups -OCH3 is 1. The average molecular weight is 248 g/mol. The lowest BCUT2D eigenvalue weighted by atomic mass is 10.3. The molecule has 0 amide bonds. The summed E-state index contributed by atoms with van der Waals surface area (Å²) in [5.74, 6) is 0. The molecule has 15 heavy (non-hydrogen) atoms. The number of ether oxygens (including phenoxy) is 1. The zero-order valence-electron chi connectivity index (χ0n) is 9.05. The maximum atomic E-state index is 5.73. The average Bonchev–Trinajstić information content (AvgIpc) is 2.17. The van der Waals surface area contributed by atoms with Crippen LogP contribution in [0.3, 0.4) is 0 Å². The highest BCUT2D eigenvalue weighted by Gasteiger charge is 2.10. The first-order valence-corrected chi connectivity index (χ1v) is 5.60. The molecule has 0 saturated carbocycles. The SMILES string of the molecule is COC(CC(C)N)Sc1ccccc1.Cl. The van der Waals surface area contributed by atoms with Crippen LogP contribution >= 0.6 is 24.2 Å². The molecule has 2 N–H and O–H groups in total. The Morgan fingerprint density at radius 2 is 1.93 bits per heavy atom. The minimum Gasteiger partial charge on any atom is -0.370 e. The molecule has 2 unspecified atom stereocenters. The molecule has 0 fully saturated rings. The van der Waals surface area contributed by atoms with E-state index < -0.39 is 0 Å². The predicted molar refractivity (Wildman–Crippen MR) is 68.6 cm³/mol. The van der Waals surface area contributed by atoms with Gasteiger partial charge in [0.1, 0.15) is 5.44 Å². The van der Waals surface area contributed by atoms with E-state index in [2.05, 4.69) is 12.1 Å². The van der Waals surface area contributed by atoms with Crippen LogP contribution < -0.4 is 5.73 Å². The van der Waals surface area contributed by atoms with Crippen LogP contribution in [0.5, 0.6) is 0 Å². The Labute approximate surface area is 102 Å². The van der Waals surface area contributed by atoms with Gasteiger partial charge in [-0.25, -0.2) is 0 Å². The summed E-state index contributed by atoms with van der Waals surface area (Å²) in [5.41, 5.74) is 5.88. The number of benzene rings is 1. The Hall–Kier alpha value is -0.220. The van der Waals surface area contributed by atoms with Crippen LogP contribution in [0, 0.1) is 0 Å². The van der Waals surface area contributed by atoms with Crippen molar-refractivity contribution in [3.05, 3.63) is 30.3 Å². The number of rotatable bonds is 5. The Balaban J connectivity index is 0.00000196. The second-order valence-corrected chi connectivity index (χ2v) is 4.54. The Morgan fingerprint density at radius 3 is 2.40 bits per heavy atom. The van der Waals surface area contributed by atoms with E-state index in [-0.39, 0.29) is 23.9 Å². The molecule has 2 nitrogen and oxygen atoms in total. The summed E-state index contributed by atoms with van der Waals surface area (Å²) >= 11 is 1.71. The first kappa shape index (κ1) is 14.8. The van der Waals surface area contributed by atoms with E-state index in [0.717, 1.165) is 6.42 Å². The summed E-state index contributed by atoms with van der Waals surface area (Å²) in [6.07, 6.45) is 0.871. The molecule has 0 aliphatic carbocycles. The van der Waals surface area contributed by atoms with Crippen LogP contribution in [0.2, 0.25) is 0 Å². The maximum absolute atomic E-state index is 5.73. The molecule has 0 radical (unpaired) electrons. The van der Waals surface area contributed by atoms with Crippen LogP contribution in [0.25, 0.3) is 0 Å². The normalized spacial score (nSPS) is 14.1. The van der Waals surface area contributed by atoms with Crippen LogP contribution in [-0.2, 0) is 4.74 Å². The van der Waals surface area contributed by atoms with Crippen molar-refractivity contribution >= 4 is 24.2 Å². The maximum Gasteiger partial charge on any atom is 0.108 e. The number of hydrogen-bond acceptors (Lipinski definition) is 3. The fraction of sp³-hybridized carbons (Fsp3) is 0.455. The van der Waals surface area contributed by atoms with Crippen molar-refractivity contribution in [1.82, 2.24) is 0 Å². The van der Waals surface area contributed by atoms with Crippen molar-refractivity contribution in [2.45, 2.75) is 29.7 Å². The Morgan fingerprint density at radius 1 is 1.33 bits per heavy atom. The molecule has 0 saturated heterocycles. The fourth-order valence-electron chi connectivity index (χ4n) is 1.15. The summed E-state index contributed by atoms with van der Waals surface area (Å²) in [6.45, 7) is 2.00. The van der Waals surface area contributed by atoms with Crippen molar-refractivity contribution in [2.24, 2.45) is 5.73 Å². The van der Waals surface area contributed by atoms with Gasteiger partial charge in [0.05, 0.1) is 0 Å². The van der Waals surface area contributed by atoms with E-state index in [0.29, 0.717) is 0 Å². The van der Waals surface area contributed by atoms with Gasteiger partial charge in [0.2, 0.25) is 0 Å². The van der Waals surface area contributed by atoms with Crippen LogP contribution in [0.1, 0.15) is 13.3 Å². The standard InChI is InChI=1S/C11H17NOS.ClH/c1-9(12)8-11(13-2)14-10-6-4-3-5-7-10;/h3-7,9,11H,8,12H2,1-2H3;1H. The van der Waals surface area contributed by atoms with E-state index in [1.807, 2.05) is 25.1 Å². The lowest BCUT2D eigenvalue weighted by Crippen LogP contribution is -2.22. The van der Waals surface area contributed by atoms with Gasteiger partial charge in [-0.05, 0) is 25.5 Å². The molecule has 2 atom stereocenters. The van der Waals surface area contributed by atoms with Gasteiger partial charge in [-0.3, -0.25) is 0 Å². The molecule has 4 heteroatoms. The predicted octanol–water partition coefficient (Wildman–Crippen LogP) is 2.91. The highest BCUT2D eigenvalue weighted by Crippen LogP contribution is 2.25. The summed E-state index contributed by atoms with van der Waals surface area (Å²) < 4.78 is 5.35. The van der Waals surface area contributed by atoms with Gasteiger partial charge in [0, 0.05) is 18.0 Å². The second kappa shape index (κ2) is 7.99. The third kappa shape index (κ3) is 6.05. The monoisotopic (exact) mass is 247 g/mol. The van der Waals surface area contributed by atoms with Gasteiger partial charge in [-0.1, -0.05) is 30.0 Å². The molecule has 0 heterocycles. The lowest BCUT2D eigenvalue weighted by molar-refractivity contribution is 0.161. The Kier molecular flexibility index (Phi) is 7.88. The third-order valence-electron chi connectivity index (χ3n) is 1.84. The first-order valence-electron chi connectivity index (χ1n) is 4.72. The highest BCUT2D eigenvalue weighted by atomic mass is 35.5. The summed E-state index contributed by atoms with van der Waals surface area (Å²) in [7, 11) is 1.73. The van der Waals surface area contributed by atoms with Gasteiger partial charge in [-0.2, -0.15) is 0 Å². The quantitative estimate of drug-likeness (QED) is 0.642. The van der Waals surface area contributed by atoms with Gasteiger partial charge in [0.15, 0.2) is 0 Å². The molecule has 1 aromatic rings. The summed E-state index contributed by atoms with van der Waals surface area (Å²) in [5, 5.41) is 0. The van der Waals surface area contributed by atoms with Crippen molar-refractivity contribution in [2.75, 3.05) is 7.11 Å². The van der Waals surface area contributed by atoms with Crippen molar-refractivity contribution in [3.8, 4) is 0 Å². The topological polar surface area (TPSA) is 35.2 Å². The smallest absolute Gasteiger partial charge is 0.108 e. The number of thioether (sulfide) groups is 1. The molecule has 1 rings (SSSR count). The minimum absolute atomic E-state index is 0. The first-order chi connectivity index (χ1) is 6.72. The van der Waals surface area contributed by atoms with Crippen molar-refractivity contribution in [3.63, 3.8) is 0 Å². The Bertz CT molecular complexity index is 256. The van der Waals surface area contributed by atoms with Gasteiger partial charge in [-0.15, -0.1) is 12.4 Å². The van der Waals surface area contributed by atoms with Gasteiger partial charge < -0.3 is 10.5 Å². The van der Waals surface area contributed by atoms with Crippen molar-refractivity contribution < 1.29 is 4.74 Å².